The second-order valence-electron chi connectivity index (χ2n) is 6.40. The van der Waals surface area contributed by atoms with Gasteiger partial charge in [0.05, 0.1) is 11.7 Å². The van der Waals surface area contributed by atoms with Crippen LogP contribution in [0.5, 0.6) is 0 Å². The molecule has 1 aliphatic rings. The maximum absolute atomic E-state index is 4.81. The zero-order chi connectivity index (χ0) is 14.5. The quantitative estimate of drug-likeness (QED) is 0.744. The minimum Gasteiger partial charge on any atom is -0.313 e. The molecule has 0 spiro atoms. The molecule has 1 fully saturated rings. The van der Waals surface area contributed by atoms with E-state index in [1.54, 1.807) is 0 Å². The summed E-state index contributed by atoms with van der Waals surface area (Å²) in [6, 6.07) is 3.40. The Bertz CT molecular complexity index is 395. The first-order valence-corrected chi connectivity index (χ1v) is 8.46. The van der Waals surface area contributed by atoms with Crippen LogP contribution in [0.15, 0.2) is 12.3 Å². The lowest BCUT2D eigenvalue weighted by Crippen LogP contribution is -2.34. The van der Waals surface area contributed by atoms with Crippen molar-refractivity contribution in [3.8, 4) is 0 Å². The molecule has 1 aromatic heterocycles. The predicted molar refractivity (Wildman–Crippen MR) is 84.9 cm³/mol. The van der Waals surface area contributed by atoms with Gasteiger partial charge in [0, 0.05) is 18.7 Å². The fraction of sp³-hybridized carbons (Fsp3) is 0.824. The third kappa shape index (κ3) is 3.85. The summed E-state index contributed by atoms with van der Waals surface area (Å²) in [6.45, 7) is 10.2. The Kier molecular flexibility index (Phi) is 5.64. The van der Waals surface area contributed by atoms with E-state index in [0.29, 0.717) is 12.1 Å². The summed E-state index contributed by atoms with van der Waals surface area (Å²) in [7, 11) is 0. The molecule has 2 rings (SSSR count). The third-order valence-electron chi connectivity index (χ3n) is 4.75. The van der Waals surface area contributed by atoms with E-state index in [1.807, 2.05) is 0 Å². The molecule has 0 saturated heterocycles. The topological polar surface area (TPSA) is 29.9 Å². The molecule has 0 amide bonds. The van der Waals surface area contributed by atoms with Crippen LogP contribution >= 0.6 is 0 Å². The normalized spacial score (nSPS) is 23.2. The van der Waals surface area contributed by atoms with Gasteiger partial charge in [-0.2, -0.15) is 5.10 Å². The molecular formula is C17H31N3. The van der Waals surface area contributed by atoms with Crippen molar-refractivity contribution < 1.29 is 0 Å². The van der Waals surface area contributed by atoms with Crippen LogP contribution in [0.3, 0.4) is 0 Å². The first-order chi connectivity index (χ1) is 9.69. The molecule has 3 unspecified atom stereocenters. The lowest BCUT2D eigenvalue weighted by atomic mass is 10.1. The second kappa shape index (κ2) is 7.26. The highest BCUT2D eigenvalue weighted by molar-refractivity contribution is 5.06. The average Bonchev–Trinajstić information content (AvgIpc) is 2.99. The molecule has 3 nitrogen and oxygen atoms in total. The summed E-state index contributed by atoms with van der Waals surface area (Å²) in [5.41, 5.74) is 1.25. The van der Waals surface area contributed by atoms with Gasteiger partial charge < -0.3 is 5.32 Å². The molecule has 3 heteroatoms. The summed E-state index contributed by atoms with van der Waals surface area (Å²) in [4.78, 5) is 0. The molecule has 0 radical (unpaired) electrons. The van der Waals surface area contributed by atoms with Crippen molar-refractivity contribution in [2.24, 2.45) is 11.8 Å². The van der Waals surface area contributed by atoms with Gasteiger partial charge >= 0.3 is 0 Å². The highest BCUT2D eigenvalue weighted by atomic mass is 15.3. The molecule has 0 aliphatic heterocycles. The Morgan fingerprint density at radius 1 is 1.35 bits per heavy atom. The molecule has 0 aromatic carbocycles. The lowest BCUT2D eigenvalue weighted by Gasteiger charge is -2.17. The van der Waals surface area contributed by atoms with Crippen LogP contribution in [0.4, 0.5) is 0 Å². The monoisotopic (exact) mass is 277 g/mol. The fourth-order valence-corrected chi connectivity index (χ4v) is 3.19. The number of aromatic nitrogens is 2. The zero-order valence-electron chi connectivity index (χ0n) is 13.6. The molecule has 1 N–H and O–H groups in total. The Balaban J connectivity index is 1.96. The van der Waals surface area contributed by atoms with Gasteiger partial charge in [-0.05, 0) is 50.1 Å². The van der Waals surface area contributed by atoms with Crippen LogP contribution in [0.2, 0.25) is 0 Å². The summed E-state index contributed by atoms with van der Waals surface area (Å²) >= 11 is 0. The van der Waals surface area contributed by atoms with Crippen molar-refractivity contribution in [3.63, 3.8) is 0 Å². The van der Waals surface area contributed by atoms with E-state index < -0.39 is 0 Å². The molecule has 1 aromatic rings. The van der Waals surface area contributed by atoms with Crippen molar-refractivity contribution in [1.82, 2.24) is 15.1 Å². The van der Waals surface area contributed by atoms with Gasteiger partial charge in [-0.3, -0.25) is 4.68 Å². The zero-order valence-corrected chi connectivity index (χ0v) is 13.6. The Morgan fingerprint density at radius 3 is 2.60 bits per heavy atom. The number of hydrogen-bond acceptors (Lipinski definition) is 2. The number of nitrogens with zero attached hydrogens (tertiary/aromatic N) is 2. The number of nitrogens with one attached hydrogen (secondary N) is 1. The fourth-order valence-electron chi connectivity index (χ4n) is 3.19. The van der Waals surface area contributed by atoms with Gasteiger partial charge in [-0.15, -0.1) is 0 Å². The predicted octanol–water partition coefficient (Wildman–Crippen LogP) is 3.81. The van der Waals surface area contributed by atoms with Gasteiger partial charge in [0.15, 0.2) is 0 Å². The first-order valence-electron chi connectivity index (χ1n) is 8.46. The summed E-state index contributed by atoms with van der Waals surface area (Å²) < 4.78 is 2.17. The standard InChI is InChI=1S/C17H31N3/c1-5-9-18-17(16-11-13(16)4)12-14-8-10-20(19-14)15(6-2)7-3/h8,10,13,15-18H,5-7,9,11-12H2,1-4H3. The van der Waals surface area contributed by atoms with E-state index in [1.165, 1.54) is 18.5 Å². The Hall–Kier alpha value is -0.830. The highest BCUT2D eigenvalue weighted by Crippen LogP contribution is 2.41. The molecule has 1 saturated carbocycles. The van der Waals surface area contributed by atoms with Crippen LogP contribution in [-0.2, 0) is 6.42 Å². The number of rotatable bonds is 9. The summed E-state index contributed by atoms with van der Waals surface area (Å²) in [6.07, 6.45) is 8.17. The van der Waals surface area contributed by atoms with Gasteiger partial charge in [-0.25, -0.2) is 0 Å². The molecule has 1 aliphatic carbocycles. The maximum Gasteiger partial charge on any atom is 0.0640 e. The van der Waals surface area contributed by atoms with E-state index in [-0.39, 0.29) is 0 Å². The molecular weight excluding hydrogens is 246 g/mol. The molecule has 3 atom stereocenters. The summed E-state index contributed by atoms with van der Waals surface area (Å²) in [5, 5.41) is 8.54. The molecule has 1 heterocycles. The largest absolute Gasteiger partial charge is 0.313 e. The van der Waals surface area contributed by atoms with Crippen molar-refractivity contribution in [2.75, 3.05) is 6.54 Å². The van der Waals surface area contributed by atoms with Crippen molar-refractivity contribution in [1.29, 1.82) is 0 Å². The smallest absolute Gasteiger partial charge is 0.0640 e. The highest BCUT2D eigenvalue weighted by Gasteiger charge is 2.39. The van der Waals surface area contributed by atoms with E-state index in [4.69, 9.17) is 5.10 Å². The van der Waals surface area contributed by atoms with Crippen LogP contribution in [0.25, 0.3) is 0 Å². The SMILES string of the molecule is CCCNC(Cc1ccn(C(CC)CC)n1)C1CC1C. The van der Waals surface area contributed by atoms with Crippen LogP contribution in [0.1, 0.15) is 65.1 Å². The van der Waals surface area contributed by atoms with Gasteiger partial charge in [0.25, 0.3) is 0 Å². The third-order valence-corrected chi connectivity index (χ3v) is 4.75. The van der Waals surface area contributed by atoms with Gasteiger partial charge in [0.1, 0.15) is 0 Å². The minimum absolute atomic E-state index is 0.561. The van der Waals surface area contributed by atoms with E-state index in [0.717, 1.165) is 37.6 Å². The lowest BCUT2D eigenvalue weighted by molar-refractivity contribution is 0.412. The minimum atomic E-state index is 0.561. The Labute approximate surface area is 124 Å². The van der Waals surface area contributed by atoms with Crippen molar-refractivity contribution in [2.45, 2.75) is 71.9 Å². The maximum atomic E-state index is 4.81. The average molecular weight is 277 g/mol. The summed E-state index contributed by atoms with van der Waals surface area (Å²) in [5.74, 6) is 1.75. The van der Waals surface area contributed by atoms with Crippen LogP contribution in [0, 0.1) is 11.8 Å². The van der Waals surface area contributed by atoms with Crippen molar-refractivity contribution in [3.05, 3.63) is 18.0 Å². The van der Waals surface area contributed by atoms with Crippen molar-refractivity contribution >= 4 is 0 Å². The number of hydrogen-bond donors (Lipinski definition) is 1. The Morgan fingerprint density at radius 2 is 2.05 bits per heavy atom. The van der Waals surface area contributed by atoms with Crippen LogP contribution in [-0.4, -0.2) is 22.4 Å². The van der Waals surface area contributed by atoms with Gasteiger partial charge in [0.2, 0.25) is 0 Å². The van der Waals surface area contributed by atoms with E-state index in [2.05, 4.69) is 50.0 Å². The van der Waals surface area contributed by atoms with E-state index >= 15 is 0 Å². The first kappa shape index (κ1) is 15.6. The molecule has 114 valence electrons. The molecule has 0 bridgehead atoms. The second-order valence-corrected chi connectivity index (χ2v) is 6.40. The van der Waals surface area contributed by atoms with Crippen LogP contribution < -0.4 is 5.32 Å². The van der Waals surface area contributed by atoms with Gasteiger partial charge in [-0.1, -0.05) is 27.7 Å². The molecule has 20 heavy (non-hydrogen) atoms. The van der Waals surface area contributed by atoms with E-state index in [9.17, 15) is 0 Å².